The number of fused-ring (bicyclic) bond motifs is 1. The van der Waals surface area contributed by atoms with Crippen LogP contribution in [0.3, 0.4) is 0 Å². The van der Waals surface area contributed by atoms with Crippen LogP contribution in [0.15, 0.2) is 44.9 Å². The van der Waals surface area contributed by atoms with Crippen molar-refractivity contribution in [2.45, 2.75) is 23.6 Å². The van der Waals surface area contributed by atoms with E-state index in [1.807, 2.05) is 30.3 Å². The molecular weight excluding hydrogens is 368 g/mol. The topological polar surface area (TPSA) is 107 Å². The maximum Gasteiger partial charge on any atom is 0.332 e. The van der Waals surface area contributed by atoms with Gasteiger partial charge in [-0.25, -0.2) is 14.8 Å². The molecule has 1 N–H and O–H groups in total. The molecule has 1 atom stereocenters. The highest BCUT2D eigenvalue weighted by Crippen LogP contribution is 2.30. The molecule has 0 aliphatic rings. The maximum absolute atomic E-state index is 12.7. The summed E-state index contributed by atoms with van der Waals surface area (Å²) < 4.78 is 2.25. The number of hydrogen-bond donors (Lipinski definition) is 1. The van der Waals surface area contributed by atoms with E-state index in [9.17, 15) is 19.5 Å². The minimum Gasteiger partial charge on any atom is -0.480 e. The Morgan fingerprint density at radius 2 is 1.81 bits per heavy atom. The molecule has 0 radical (unpaired) electrons. The zero-order valence-electron chi connectivity index (χ0n) is 15.0. The van der Waals surface area contributed by atoms with Gasteiger partial charge in [0.15, 0.2) is 11.5 Å². The van der Waals surface area contributed by atoms with Crippen molar-refractivity contribution in [2.75, 3.05) is 0 Å². The fraction of sp³-hybridized carbons (Fsp3) is 0.278. The van der Waals surface area contributed by atoms with E-state index in [4.69, 9.17) is 0 Å². The molecule has 8 nitrogen and oxygen atoms in total. The first-order chi connectivity index (χ1) is 12.8. The van der Waals surface area contributed by atoms with Crippen LogP contribution in [0.4, 0.5) is 0 Å². The summed E-state index contributed by atoms with van der Waals surface area (Å²) in [7, 11) is 2.90. The predicted molar refractivity (Wildman–Crippen MR) is 103 cm³/mol. The highest BCUT2D eigenvalue weighted by molar-refractivity contribution is 8.00. The average molecular weight is 386 g/mol. The Balaban J connectivity index is 2.38. The molecule has 0 fully saturated rings. The number of carboxylic acids is 1. The molecule has 0 amide bonds. The van der Waals surface area contributed by atoms with E-state index in [0.29, 0.717) is 17.8 Å². The number of benzene rings is 1. The summed E-state index contributed by atoms with van der Waals surface area (Å²) in [5.74, 6) is -0.661. The number of aliphatic carboxylic acids is 1. The Labute approximate surface area is 158 Å². The standard InChI is InChI=1S/C18H18N4O4S/c1-4-11(17(24)25)27-15-12-14(21(2)18(26)22(3)16(12)23)19-13(20-15)10-8-6-5-7-9-10/h5-9,11H,4H2,1-3H3,(H,24,25)/t11-/m1/s1. The van der Waals surface area contributed by atoms with Crippen molar-refractivity contribution in [3.05, 3.63) is 51.2 Å². The number of thioether (sulfide) groups is 1. The number of aryl methyl sites for hydroxylation is 1. The molecule has 0 aliphatic carbocycles. The van der Waals surface area contributed by atoms with Crippen LogP contribution < -0.4 is 11.2 Å². The lowest BCUT2D eigenvalue weighted by Gasteiger charge is -2.14. The second-order valence-electron chi connectivity index (χ2n) is 5.98. The molecule has 3 rings (SSSR count). The fourth-order valence-electron chi connectivity index (χ4n) is 2.67. The van der Waals surface area contributed by atoms with Gasteiger partial charge < -0.3 is 5.11 Å². The lowest BCUT2D eigenvalue weighted by molar-refractivity contribution is -0.136. The first-order valence-corrected chi connectivity index (χ1v) is 9.15. The Morgan fingerprint density at radius 1 is 1.15 bits per heavy atom. The third-order valence-electron chi connectivity index (χ3n) is 4.20. The van der Waals surface area contributed by atoms with Gasteiger partial charge >= 0.3 is 11.7 Å². The van der Waals surface area contributed by atoms with E-state index < -0.39 is 22.5 Å². The van der Waals surface area contributed by atoms with Gasteiger partial charge in [-0.3, -0.25) is 18.7 Å². The lowest BCUT2D eigenvalue weighted by Crippen LogP contribution is -2.37. The van der Waals surface area contributed by atoms with Crippen LogP contribution in [0, 0.1) is 0 Å². The van der Waals surface area contributed by atoms with Gasteiger partial charge in [0.2, 0.25) is 0 Å². The van der Waals surface area contributed by atoms with Crippen LogP contribution in [-0.2, 0) is 18.9 Å². The first kappa shape index (κ1) is 18.8. The molecule has 0 spiro atoms. The molecule has 2 aromatic heterocycles. The molecule has 27 heavy (non-hydrogen) atoms. The Kier molecular flexibility index (Phi) is 5.13. The largest absolute Gasteiger partial charge is 0.480 e. The van der Waals surface area contributed by atoms with Crippen molar-refractivity contribution in [3.8, 4) is 11.4 Å². The van der Waals surface area contributed by atoms with Crippen LogP contribution in [0.25, 0.3) is 22.4 Å². The third kappa shape index (κ3) is 3.37. The van der Waals surface area contributed by atoms with Crippen molar-refractivity contribution in [2.24, 2.45) is 14.1 Å². The lowest BCUT2D eigenvalue weighted by atomic mass is 10.2. The smallest absolute Gasteiger partial charge is 0.332 e. The number of carboxylic acid groups (broad SMARTS) is 1. The zero-order chi connectivity index (χ0) is 19.7. The van der Waals surface area contributed by atoms with Crippen molar-refractivity contribution >= 4 is 28.8 Å². The van der Waals surface area contributed by atoms with Crippen LogP contribution >= 0.6 is 11.8 Å². The van der Waals surface area contributed by atoms with Gasteiger partial charge in [0.1, 0.15) is 15.7 Å². The van der Waals surface area contributed by atoms with Gasteiger partial charge in [0, 0.05) is 19.7 Å². The number of aromatic nitrogens is 4. The van der Waals surface area contributed by atoms with Crippen molar-refractivity contribution in [1.29, 1.82) is 0 Å². The molecule has 0 unspecified atom stereocenters. The molecule has 3 aromatic rings. The molecule has 140 valence electrons. The van der Waals surface area contributed by atoms with E-state index in [0.717, 1.165) is 16.3 Å². The van der Waals surface area contributed by atoms with Crippen LogP contribution in [0.1, 0.15) is 13.3 Å². The summed E-state index contributed by atoms with van der Waals surface area (Å²) in [5.41, 5.74) is -0.167. The molecule has 0 bridgehead atoms. The van der Waals surface area contributed by atoms with Crippen LogP contribution in [0.2, 0.25) is 0 Å². The number of nitrogens with zero attached hydrogens (tertiary/aromatic N) is 4. The Hall–Kier alpha value is -2.94. The molecule has 0 saturated heterocycles. The number of hydrogen-bond acceptors (Lipinski definition) is 6. The summed E-state index contributed by atoms with van der Waals surface area (Å²) in [6.45, 7) is 1.75. The summed E-state index contributed by atoms with van der Waals surface area (Å²) >= 11 is 0.993. The van der Waals surface area contributed by atoms with Crippen molar-refractivity contribution in [3.63, 3.8) is 0 Å². The second-order valence-corrected chi connectivity index (χ2v) is 7.17. The molecule has 1 aromatic carbocycles. The van der Waals surface area contributed by atoms with Crippen LogP contribution in [-0.4, -0.2) is 35.4 Å². The number of carbonyl (C=O) groups is 1. The van der Waals surface area contributed by atoms with Crippen molar-refractivity contribution < 1.29 is 9.90 Å². The second kappa shape index (κ2) is 7.36. The summed E-state index contributed by atoms with van der Waals surface area (Å²) in [4.78, 5) is 45.4. The Morgan fingerprint density at radius 3 is 2.41 bits per heavy atom. The van der Waals surface area contributed by atoms with Gasteiger partial charge in [-0.05, 0) is 6.42 Å². The molecule has 2 heterocycles. The van der Waals surface area contributed by atoms with E-state index in [1.165, 1.54) is 18.7 Å². The zero-order valence-corrected chi connectivity index (χ0v) is 15.9. The fourth-order valence-corrected chi connectivity index (χ4v) is 3.65. The Bertz CT molecular complexity index is 1140. The molecule has 0 saturated carbocycles. The monoisotopic (exact) mass is 386 g/mol. The SMILES string of the molecule is CC[C@@H](Sc1nc(-c2ccccc2)nc2c1c(=O)n(C)c(=O)n2C)C(=O)O. The maximum atomic E-state index is 12.7. The van der Waals surface area contributed by atoms with Gasteiger partial charge in [0.05, 0.1) is 0 Å². The third-order valence-corrected chi connectivity index (χ3v) is 5.54. The average Bonchev–Trinajstić information content (AvgIpc) is 2.68. The molecule has 0 aliphatic heterocycles. The molecule has 9 heteroatoms. The van der Waals surface area contributed by atoms with Crippen LogP contribution in [0.5, 0.6) is 0 Å². The van der Waals surface area contributed by atoms with Gasteiger partial charge in [0.25, 0.3) is 5.56 Å². The van der Waals surface area contributed by atoms with E-state index in [2.05, 4.69) is 9.97 Å². The molecular formula is C18H18N4O4S. The van der Waals surface area contributed by atoms with Gasteiger partial charge in [-0.15, -0.1) is 0 Å². The highest BCUT2D eigenvalue weighted by atomic mass is 32.2. The first-order valence-electron chi connectivity index (χ1n) is 8.27. The normalized spacial score (nSPS) is 12.3. The predicted octanol–water partition coefficient (Wildman–Crippen LogP) is 1.65. The number of rotatable bonds is 5. The summed E-state index contributed by atoms with van der Waals surface area (Å²) in [6, 6.07) is 9.12. The summed E-state index contributed by atoms with van der Waals surface area (Å²) in [5, 5.41) is 9.04. The van der Waals surface area contributed by atoms with Crippen molar-refractivity contribution in [1.82, 2.24) is 19.1 Å². The highest BCUT2D eigenvalue weighted by Gasteiger charge is 2.23. The van der Waals surface area contributed by atoms with Gasteiger partial charge in [-0.1, -0.05) is 49.0 Å². The van der Waals surface area contributed by atoms with E-state index >= 15 is 0 Å². The minimum absolute atomic E-state index is 0.143. The van der Waals surface area contributed by atoms with E-state index in [-0.39, 0.29) is 16.1 Å². The van der Waals surface area contributed by atoms with E-state index in [1.54, 1.807) is 6.92 Å². The minimum atomic E-state index is -0.989. The summed E-state index contributed by atoms with van der Waals surface area (Å²) in [6.07, 6.45) is 0.359. The quantitative estimate of drug-likeness (QED) is 0.525. The van der Waals surface area contributed by atoms with Gasteiger partial charge in [-0.2, -0.15) is 0 Å².